The van der Waals surface area contributed by atoms with Crippen molar-refractivity contribution in [1.82, 2.24) is 4.98 Å². The number of pyridine rings is 1. The summed E-state index contributed by atoms with van der Waals surface area (Å²) in [6.45, 7) is 1.21. The van der Waals surface area contributed by atoms with Gasteiger partial charge in [0.1, 0.15) is 5.56 Å². The molecule has 0 N–H and O–H groups in total. The number of ether oxygens (including phenoxy) is 2. The van der Waals surface area contributed by atoms with Gasteiger partial charge < -0.3 is 9.47 Å². The summed E-state index contributed by atoms with van der Waals surface area (Å²) >= 11 is 0. The molecule has 0 aliphatic carbocycles. The van der Waals surface area contributed by atoms with Crippen molar-refractivity contribution in [1.29, 1.82) is 0 Å². The SMILES string of the molecule is CCOC(=O)Cc1ncc(F)c(OC(F)(F)F)c1C(F)(F)F. The Labute approximate surface area is 118 Å². The Morgan fingerprint density at radius 3 is 2.27 bits per heavy atom. The third-order valence-electron chi connectivity index (χ3n) is 2.18. The van der Waals surface area contributed by atoms with Gasteiger partial charge in [0.2, 0.25) is 0 Å². The molecule has 0 radical (unpaired) electrons. The quantitative estimate of drug-likeness (QED) is 0.626. The summed E-state index contributed by atoms with van der Waals surface area (Å²) in [7, 11) is 0. The van der Waals surface area contributed by atoms with Crippen LogP contribution in [0.5, 0.6) is 5.75 Å². The third-order valence-corrected chi connectivity index (χ3v) is 2.18. The lowest BCUT2D eigenvalue weighted by Crippen LogP contribution is -2.24. The summed E-state index contributed by atoms with van der Waals surface area (Å²) < 4.78 is 95.8. The zero-order valence-corrected chi connectivity index (χ0v) is 10.8. The minimum absolute atomic E-state index is 0.102. The second-order valence-electron chi connectivity index (χ2n) is 3.78. The molecule has 0 aromatic carbocycles. The highest BCUT2D eigenvalue weighted by atomic mass is 19.4. The number of aromatic nitrogens is 1. The Morgan fingerprint density at radius 1 is 1.23 bits per heavy atom. The number of carbonyl (C=O) groups is 1. The molecule has 1 rings (SSSR count). The van der Waals surface area contributed by atoms with E-state index in [1.165, 1.54) is 6.92 Å². The van der Waals surface area contributed by atoms with Gasteiger partial charge in [-0.1, -0.05) is 0 Å². The molecule has 4 nitrogen and oxygen atoms in total. The minimum Gasteiger partial charge on any atom is -0.466 e. The molecule has 0 atom stereocenters. The molecular weight excluding hydrogens is 327 g/mol. The van der Waals surface area contributed by atoms with Crippen molar-refractivity contribution >= 4 is 5.97 Å². The molecule has 0 spiro atoms. The monoisotopic (exact) mass is 335 g/mol. The average molecular weight is 335 g/mol. The van der Waals surface area contributed by atoms with Crippen LogP contribution in [-0.2, 0) is 22.1 Å². The van der Waals surface area contributed by atoms with Crippen LogP contribution in [0.1, 0.15) is 18.2 Å². The van der Waals surface area contributed by atoms with Crippen LogP contribution in [0.4, 0.5) is 30.7 Å². The lowest BCUT2D eigenvalue weighted by atomic mass is 10.1. The molecule has 0 fully saturated rings. The maximum atomic E-state index is 13.3. The average Bonchev–Trinajstić information content (AvgIpc) is 2.30. The van der Waals surface area contributed by atoms with Crippen molar-refractivity contribution in [3.05, 3.63) is 23.3 Å². The summed E-state index contributed by atoms with van der Waals surface area (Å²) in [5.74, 6) is -5.21. The van der Waals surface area contributed by atoms with Crippen molar-refractivity contribution in [3.63, 3.8) is 0 Å². The molecule has 1 aromatic rings. The lowest BCUT2D eigenvalue weighted by molar-refractivity contribution is -0.277. The van der Waals surface area contributed by atoms with E-state index in [1.807, 2.05) is 0 Å². The van der Waals surface area contributed by atoms with Crippen LogP contribution in [0.3, 0.4) is 0 Å². The number of hydrogen-bond donors (Lipinski definition) is 0. The largest absolute Gasteiger partial charge is 0.573 e. The van der Waals surface area contributed by atoms with E-state index in [0.29, 0.717) is 0 Å². The number of nitrogens with zero attached hydrogens (tertiary/aromatic N) is 1. The fourth-order valence-electron chi connectivity index (χ4n) is 1.50. The second-order valence-corrected chi connectivity index (χ2v) is 3.78. The number of esters is 1. The molecule has 0 aliphatic rings. The maximum absolute atomic E-state index is 13.3. The second kappa shape index (κ2) is 6.36. The van der Waals surface area contributed by atoms with Gasteiger partial charge in [-0.25, -0.2) is 4.39 Å². The van der Waals surface area contributed by atoms with Crippen LogP contribution in [0.25, 0.3) is 0 Å². The Balaban J connectivity index is 3.39. The Kier molecular flexibility index (Phi) is 5.20. The van der Waals surface area contributed by atoms with Crippen molar-refractivity contribution < 1.29 is 45.0 Å². The first-order valence-electron chi connectivity index (χ1n) is 5.61. The van der Waals surface area contributed by atoms with Crippen LogP contribution in [0, 0.1) is 5.82 Å². The van der Waals surface area contributed by atoms with Crippen molar-refractivity contribution in [3.8, 4) is 5.75 Å². The van der Waals surface area contributed by atoms with Crippen LogP contribution < -0.4 is 4.74 Å². The molecular formula is C11H8F7NO3. The van der Waals surface area contributed by atoms with Gasteiger partial charge >= 0.3 is 18.5 Å². The first-order valence-corrected chi connectivity index (χ1v) is 5.61. The number of rotatable bonds is 4. The molecule has 1 heterocycles. The highest BCUT2D eigenvalue weighted by Crippen LogP contribution is 2.41. The first kappa shape index (κ1) is 18.0. The number of hydrogen-bond acceptors (Lipinski definition) is 4. The molecule has 22 heavy (non-hydrogen) atoms. The van der Waals surface area contributed by atoms with Crippen LogP contribution in [-0.4, -0.2) is 23.9 Å². The van der Waals surface area contributed by atoms with Gasteiger partial charge in [0, 0.05) is 0 Å². The molecule has 0 saturated carbocycles. The van der Waals surface area contributed by atoms with E-state index in [2.05, 4.69) is 14.5 Å². The molecule has 0 saturated heterocycles. The maximum Gasteiger partial charge on any atom is 0.573 e. The van der Waals surface area contributed by atoms with E-state index in [0.717, 1.165) is 0 Å². The standard InChI is InChI=1S/C11H8F7NO3/c1-2-21-7(20)3-6-8(10(13,14)15)9(5(12)4-19-6)22-11(16,17)18/h4H,2-3H2,1H3. The van der Waals surface area contributed by atoms with E-state index in [-0.39, 0.29) is 12.8 Å². The van der Waals surface area contributed by atoms with Gasteiger partial charge in [0.05, 0.1) is 24.9 Å². The zero-order valence-electron chi connectivity index (χ0n) is 10.8. The summed E-state index contributed by atoms with van der Waals surface area (Å²) in [4.78, 5) is 14.2. The van der Waals surface area contributed by atoms with Crippen LogP contribution in [0.2, 0.25) is 0 Å². The smallest absolute Gasteiger partial charge is 0.466 e. The molecule has 124 valence electrons. The van der Waals surface area contributed by atoms with Crippen LogP contribution >= 0.6 is 0 Å². The molecule has 0 unspecified atom stereocenters. The van der Waals surface area contributed by atoms with E-state index >= 15 is 0 Å². The molecule has 0 bridgehead atoms. The molecule has 0 amide bonds. The lowest BCUT2D eigenvalue weighted by Gasteiger charge is -2.18. The van der Waals surface area contributed by atoms with E-state index in [4.69, 9.17) is 0 Å². The molecule has 0 aliphatic heterocycles. The van der Waals surface area contributed by atoms with Crippen molar-refractivity contribution in [2.24, 2.45) is 0 Å². The van der Waals surface area contributed by atoms with Gasteiger partial charge in [-0.15, -0.1) is 13.2 Å². The summed E-state index contributed by atoms with van der Waals surface area (Å²) in [6, 6.07) is 0. The zero-order chi connectivity index (χ0) is 17.1. The van der Waals surface area contributed by atoms with Gasteiger partial charge in [-0.3, -0.25) is 9.78 Å². The van der Waals surface area contributed by atoms with Gasteiger partial charge in [-0.05, 0) is 6.92 Å². The van der Waals surface area contributed by atoms with E-state index < -0.39 is 47.8 Å². The molecule has 11 heteroatoms. The fraction of sp³-hybridized carbons (Fsp3) is 0.455. The van der Waals surface area contributed by atoms with Gasteiger partial charge in [0.15, 0.2) is 11.6 Å². The van der Waals surface area contributed by atoms with Gasteiger partial charge in [0.25, 0.3) is 0 Å². The summed E-state index contributed by atoms with van der Waals surface area (Å²) in [5.41, 5.74) is -3.25. The highest BCUT2D eigenvalue weighted by molar-refractivity contribution is 5.72. The number of halogens is 7. The molecule has 1 aromatic heterocycles. The van der Waals surface area contributed by atoms with E-state index in [9.17, 15) is 35.5 Å². The number of alkyl halides is 6. The minimum atomic E-state index is -5.55. The highest BCUT2D eigenvalue weighted by Gasteiger charge is 2.44. The van der Waals surface area contributed by atoms with Crippen molar-refractivity contribution in [2.75, 3.05) is 6.61 Å². The number of carbonyl (C=O) groups excluding carboxylic acids is 1. The Bertz CT molecular complexity index is 554. The fourth-order valence-corrected chi connectivity index (χ4v) is 1.50. The Hall–Kier alpha value is -2.07. The first-order chi connectivity index (χ1) is 9.95. The summed E-state index contributed by atoms with van der Waals surface area (Å²) in [6.07, 6.45) is -12.0. The predicted octanol–water partition coefficient (Wildman–Crippen LogP) is 3.24. The summed E-state index contributed by atoms with van der Waals surface area (Å²) in [5, 5.41) is 0. The third kappa shape index (κ3) is 4.74. The predicted molar refractivity (Wildman–Crippen MR) is 56.2 cm³/mol. The van der Waals surface area contributed by atoms with Gasteiger partial charge in [-0.2, -0.15) is 13.2 Å². The topological polar surface area (TPSA) is 48.4 Å². The van der Waals surface area contributed by atoms with Crippen LogP contribution in [0.15, 0.2) is 6.20 Å². The normalized spacial score (nSPS) is 12.2. The Morgan fingerprint density at radius 2 is 1.82 bits per heavy atom. The van der Waals surface area contributed by atoms with Crippen molar-refractivity contribution in [2.45, 2.75) is 25.9 Å². The van der Waals surface area contributed by atoms with E-state index in [1.54, 1.807) is 0 Å².